The standard InChI is InChI=1S/C11H10O5/c12-7-4-11(5-7,10(15)16)6-1-2-8(13)9(14)3-6/h1-3,13-14H,4-5H2,(H,15,16). The van der Waals surface area contributed by atoms with Crippen molar-refractivity contribution < 1.29 is 24.9 Å². The average molecular weight is 222 g/mol. The van der Waals surface area contributed by atoms with Gasteiger partial charge in [-0.15, -0.1) is 0 Å². The molecular formula is C11H10O5. The number of rotatable bonds is 2. The predicted octanol–water partition coefficient (Wildman–Crippen LogP) is 0.783. The normalized spacial score (nSPS) is 17.9. The lowest BCUT2D eigenvalue weighted by Crippen LogP contribution is -2.48. The van der Waals surface area contributed by atoms with Crippen LogP contribution in [0.1, 0.15) is 18.4 Å². The number of benzene rings is 1. The Labute approximate surface area is 91.0 Å². The predicted molar refractivity (Wildman–Crippen MR) is 53.3 cm³/mol. The summed E-state index contributed by atoms with van der Waals surface area (Å²) in [5.41, 5.74) is -0.891. The highest BCUT2D eigenvalue weighted by molar-refractivity contribution is 6.01. The smallest absolute Gasteiger partial charge is 0.315 e. The highest BCUT2D eigenvalue weighted by Gasteiger charge is 2.51. The van der Waals surface area contributed by atoms with Gasteiger partial charge in [0, 0.05) is 12.8 Å². The highest BCUT2D eigenvalue weighted by Crippen LogP contribution is 2.43. The average Bonchev–Trinajstić information content (AvgIpc) is 2.17. The first-order chi connectivity index (χ1) is 7.45. The molecule has 1 saturated carbocycles. The summed E-state index contributed by atoms with van der Waals surface area (Å²) in [7, 11) is 0. The summed E-state index contributed by atoms with van der Waals surface area (Å²) in [6.07, 6.45) is -0.126. The van der Waals surface area contributed by atoms with Gasteiger partial charge in [-0.3, -0.25) is 9.59 Å². The van der Waals surface area contributed by atoms with Crippen molar-refractivity contribution in [3.8, 4) is 11.5 Å². The lowest BCUT2D eigenvalue weighted by molar-refractivity contribution is -0.153. The quantitative estimate of drug-likeness (QED) is 0.643. The fraction of sp³-hybridized carbons (Fsp3) is 0.273. The van der Waals surface area contributed by atoms with Gasteiger partial charge in [-0.25, -0.2) is 0 Å². The van der Waals surface area contributed by atoms with Crippen LogP contribution in [0.2, 0.25) is 0 Å². The van der Waals surface area contributed by atoms with Crippen LogP contribution < -0.4 is 0 Å². The Bertz CT molecular complexity index is 469. The SMILES string of the molecule is O=C1CC(C(=O)O)(c2ccc(O)c(O)c2)C1. The van der Waals surface area contributed by atoms with Crippen molar-refractivity contribution in [3.63, 3.8) is 0 Å². The molecule has 1 aliphatic carbocycles. The van der Waals surface area contributed by atoms with Gasteiger partial charge in [0.05, 0.1) is 0 Å². The maximum atomic E-state index is 11.1. The number of Topliss-reactive ketones (excluding diaryl/α,β-unsaturated/α-hetero) is 1. The van der Waals surface area contributed by atoms with Crippen LogP contribution in [0.3, 0.4) is 0 Å². The summed E-state index contributed by atoms with van der Waals surface area (Å²) >= 11 is 0. The molecular weight excluding hydrogens is 212 g/mol. The summed E-state index contributed by atoms with van der Waals surface area (Å²) in [5, 5.41) is 27.5. The number of carbonyl (C=O) groups excluding carboxylic acids is 1. The Balaban J connectivity index is 2.45. The van der Waals surface area contributed by atoms with Gasteiger partial charge in [0.15, 0.2) is 11.5 Å². The minimum atomic E-state index is -1.23. The molecule has 0 aliphatic heterocycles. The molecule has 5 heteroatoms. The molecule has 0 heterocycles. The molecule has 0 aromatic heterocycles. The number of aromatic hydroxyl groups is 2. The minimum absolute atomic E-state index is 0.0629. The van der Waals surface area contributed by atoms with Crippen molar-refractivity contribution in [3.05, 3.63) is 23.8 Å². The van der Waals surface area contributed by atoms with Gasteiger partial charge >= 0.3 is 5.97 Å². The van der Waals surface area contributed by atoms with E-state index in [0.29, 0.717) is 5.56 Å². The lowest BCUT2D eigenvalue weighted by Gasteiger charge is -2.36. The summed E-state index contributed by atoms with van der Waals surface area (Å²) in [4.78, 5) is 22.1. The second-order valence-electron chi connectivity index (χ2n) is 3.98. The molecule has 5 nitrogen and oxygen atoms in total. The topological polar surface area (TPSA) is 94.8 Å². The van der Waals surface area contributed by atoms with Crippen LogP contribution in [-0.4, -0.2) is 27.1 Å². The molecule has 0 unspecified atom stereocenters. The monoisotopic (exact) mass is 222 g/mol. The first kappa shape index (κ1) is 10.5. The third-order valence-corrected chi connectivity index (χ3v) is 2.94. The summed E-state index contributed by atoms with van der Waals surface area (Å²) in [6, 6.07) is 3.82. The number of hydrogen-bond acceptors (Lipinski definition) is 4. The van der Waals surface area contributed by atoms with Crippen molar-refractivity contribution in [2.75, 3.05) is 0 Å². The van der Waals surface area contributed by atoms with Crippen LogP contribution in [-0.2, 0) is 15.0 Å². The van der Waals surface area contributed by atoms with E-state index in [-0.39, 0.29) is 30.1 Å². The van der Waals surface area contributed by atoms with Gasteiger partial charge in [0.1, 0.15) is 11.2 Å². The van der Waals surface area contributed by atoms with Gasteiger partial charge in [-0.1, -0.05) is 6.07 Å². The van der Waals surface area contributed by atoms with Crippen LogP contribution in [0.5, 0.6) is 11.5 Å². The fourth-order valence-electron chi connectivity index (χ4n) is 1.92. The van der Waals surface area contributed by atoms with E-state index in [0.717, 1.165) is 0 Å². The van der Waals surface area contributed by atoms with E-state index in [1.54, 1.807) is 0 Å². The maximum absolute atomic E-state index is 11.1. The number of phenols is 2. The summed E-state index contributed by atoms with van der Waals surface area (Å²) in [6.45, 7) is 0. The second kappa shape index (κ2) is 3.23. The number of hydrogen-bond donors (Lipinski definition) is 3. The zero-order valence-electron chi connectivity index (χ0n) is 8.30. The Morgan fingerprint density at radius 3 is 2.25 bits per heavy atom. The summed E-state index contributed by atoms with van der Waals surface area (Å²) in [5.74, 6) is -1.89. The molecule has 0 radical (unpaired) electrons. The van der Waals surface area contributed by atoms with Crippen LogP contribution in [0, 0.1) is 0 Å². The van der Waals surface area contributed by atoms with Crippen LogP contribution >= 0.6 is 0 Å². The molecule has 3 N–H and O–H groups in total. The minimum Gasteiger partial charge on any atom is -0.504 e. The van der Waals surface area contributed by atoms with E-state index in [1.165, 1.54) is 18.2 Å². The molecule has 16 heavy (non-hydrogen) atoms. The fourth-order valence-corrected chi connectivity index (χ4v) is 1.92. The third-order valence-electron chi connectivity index (χ3n) is 2.94. The first-order valence-electron chi connectivity index (χ1n) is 4.73. The Kier molecular flexibility index (Phi) is 2.11. The van der Waals surface area contributed by atoms with Gasteiger partial charge < -0.3 is 15.3 Å². The van der Waals surface area contributed by atoms with Crippen LogP contribution in [0.15, 0.2) is 18.2 Å². The van der Waals surface area contributed by atoms with Gasteiger partial charge in [0.2, 0.25) is 0 Å². The van der Waals surface area contributed by atoms with E-state index in [2.05, 4.69) is 0 Å². The molecule has 0 amide bonds. The Hall–Kier alpha value is -2.04. The van der Waals surface area contributed by atoms with Crippen molar-refractivity contribution in [1.29, 1.82) is 0 Å². The molecule has 0 bridgehead atoms. The number of phenolic OH excluding ortho intramolecular Hbond substituents is 2. The van der Waals surface area contributed by atoms with Gasteiger partial charge in [-0.2, -0.15) is 0 Å². The molecule has 0 atom stereocenters. The highest BCUT2D eigenvalue weighted by atomic mass is 16.4. The van der Waals surface area contributed by atoms with Gasteiger partial charge in [-0.05, 0) is 17.7 Å². The van der Waals surface area contributed by atoms with Crippen molar-refractivity contribution in [2.45, 2.75) is 18.3 Å². The lowest BCUT2D eigenvalue weighted by atomic mass is 9.63. The van der Waals surface area contributed by atoms with Crippen LogP contribution in [0.25, 0.3) is 0 Å². The molecule has 1 aromatic carbocycles. The number of carboxylic acid groups (broad SMARTS) is 1. The number of carbonyl (C=O) groups is 2. The number of carboxylic acids is 1. The first-order valence-corrected chi connectivity index (χ1v) is 4.73. The van der Waals surface area contributed by atoms with Crippen molar-refractivity contribution >= 4 is 11.8 Å². The molecule has 1 aliphatic rings. The zero-order valence-corrected chi connectivity index (χ0v) is 8.30. The van der Waals surface area contributed by atoms with E-state index < -0.39 is 11.4 Å². The van der Waals surface area contributed by atoms with E-state index in [9.17, 15) is 14.7 Å². The molecule has 1 aromatic rings. The van der Waals surface area contributed by atoms with E-state index in [1.807, 2.05) is 0 Å². The molecule has 1 fully saturated rings. The van der Waals surface area contributed by atoms with Gasteiger partial charge in [0.25, 0.3) is 0 Å². The van der Waals surface area contributed by atoms with E-state index in [4.69, 9.17) is 10.2 Å². The zero-order chi connectivity index (χ0) is 11.9. The van der Waals surface area contributed by atoms with Crippen molar-refractivity contribution in [1.82, 2.24) is 0 Å². The maximum Gasteiger partial charge on any atom is 0.315 e. The Morgan fingerprint density at radius 1 is 1.19 bits per heavy atom. The second-order valence-corrected chi connectivity index (χ2v) is 3.98. The van der Waals surface area contributed by atoms with E-state index >= 15 is 0 Å². The summed E-state index contributed by atoms with van der Waals surface area (Å²) < 4.78 is 0. The number of ketones is 1. The molecule has 2 rings (SSSR count). The Morgan fingerprint density at radius 2 is 1.81 bits per heavy atom. The molecule has 0 spiro atoms. The number of aliphatic carboxylic acids is 1. The largest absolute Gasteiger partial charge is 0.504 e. The molecule has 84 valence electrons. The third kappa shape index (κ3) is 1.32. The molecule has 0 saturated heterocycles. The van der Waals surface area contributed by atoms with Crippen LogP contribution in [0.4, 0.5) is 0 Å². The van der Waals surface area contributed by atoms with Crippen molar-refractivity contribution in [2.24, 2.45) is 0 Å².